The highest BCUT2D eigenvalue weighted by Crippen LogP contribution is 2.40. The van der Waals surface area contributed by atoms with Crippen molar-refractivity contribution in [3.8, 4) is 5.69 Å². The number of likely N-dealkylation sites (tertiary alicyclic amines) is 1. The van der Waals surface area contributed by atoms with Crippen LogP contribution < -0.4 is 5.32 Å². The summed E-state index contributed by atoms with van der Waals surface area (Å²) >= 11 is 6.37. The topological polar surface area (TPSA) is 63.1 Å². The van der Waals surface area contributed by atoms with Crippen LogP contribution in [-0.2, 0) is 0 Å². The van der Waals surface area contributed by atoms with Gasteiger partial charge >= 0.3 is 0 Å². The van der Waals surface area contributed by atoms with E-state index in [2.05, 4.69) is 15.4 Å². The number of nitrogens with one attached hydrogen (secondary N) is 1. The zero-order chi connectivity index (χ0) is 17.7. The number of carbonyl (C=O) groups excluding carboxylic acids is 1. The fourth-order valence-corrected chi connectivity index (χ4v) is 4.31. The summed E-state index contributed by atoms with van der Waals surface area (Å²) in [7, 11) is 0. The molecule has 1 saturated carbocycles. The van der Waals surface area contributed by atoms with Gasteiger partial charge in [-0.05, 0) is 44.2 Å². The maximum atomic E-state index is 13.1. The van der Waals surface area contributed by atoms with Crippen LogP contribution in [0, 0.1) is 0 Å². The van der Waals surface area contributed by atoms with Crippen LogP contribution in [0.4, 0.5) is 0 Å². The molecule has 2 aliphatic heterocycles. The predicted molar refractivity (Wildman–Crippen MR) is 98.8 cm³/mol. The lowest BCUT2D eigenvalue weighted by Gasteiger charge is -2.22. The molecule has 0 radical (unpaired) electrons. The Morgan fingerprint density at radius 2 is 1.92 bits per heavy atom. The van der Waals surface area contributed by atoms with Crippen LogP contribution in [0.5, 0.6) is 0 Å². The van der Waals surface area contributed by atoms with Crippen LogP contribution in [-0.4, -0.2) is 50.7 Å². The number of benzene rings is 1. The van der Waals surface area contributed by atoms with Crippen molar-refractivity contribution >= 4 is 17.5 Å². The first-order valence-electron chi connectivity index (χ1n) is 9.46. The number of fused-ring (bicyclic) bond motifs is 2. The second kappa shape index (κ2) is 6.35. The van der Waals surface area contributed by atoms with E-state index in [1.807, 2.05) is 29.2 Å². The summed E-state index contributed by atoms with van der Waals surface area (Å²) in [6, 6.07) is 8.54. The van der Waals surface area contributed by atoms with Gasteiger partial charge in [-0.2, -0.15) is 0 Å². The summed E-state index contributed by atoms with van der Waals surface area (Å²) in [6.45, 7) is 1.52. The standard InChI is InChI=1S/C19H22ClN5O/c20-15-3-1-2-4-16(15)25-18(12-5-6-12)22-17(23-25)19(26)24-10-9-13-7-8-14(11-24)21-13/h1-4,12-14,21H,5-11H2. The molecule has 7 heteroatoms. The Hall–Kier alpha value is -1.92. The summed E-state index contributed by atoms with van der Waals surface area (Å²) in [5.74, 6) is 1.47. The molecule has 1 amide bonds. The molecule has 2 unspecified atom stereocenters. The molecule has 3 heterocycles. The Balaban J connectivity index is 1.47. The van der Waals surface area contributed by atoms with E-state index in [1.165, 1.54) is 6.42 Å². The van der Waals surface area contributed by atoms with Gasteiger partial charge in [-0.3, -0.25) is 4.79 Å². The van der Waals surface area contributed by atoms with Gasteiger partial charge in [0, 0.05) is 31.1 Å². The number of para-hydroxylation sites is 1. The van der Waals surface area contributed by atoms with Gasteiger partial charge in [0.25, 0.3) is 5.91 Å². The largest absolute Gasteiger partial charge is 0.334 e. The number of hydrogen-bond acceptors (Lipinski definition) is 4. The lowest BCUT2D eigenvalue weighted by Crippen LogP contribution is -2.39. The van der Waals surface area contributed by atoms with Crippen LogP contribution in [0.15, 0.2) is 24.3 Å². The maximum Gasteiger partial charge on any atom is 0.293 e. The third kappa shape index (κ3) is 2.91. The molecular weight excluding hydrogens is 350 g/mol. The highest BCUT2D eigenvalue weighted by molar-refractivity contribution is 6.32. The minimum Gasteiger partial charge on any atom is -0.334 e. The molecule has 5 rings (SSSR count). The minimum atomic E-state index is -0.0629. The monoisotopic (exact) mass is 371 g/mol. The SMILES string of the molecule is O=C(c1nc(C2CC2)n(-c2ccccc2Cl)n1)N1CCC2CCC(C1)N2. The van der Waals surface area contributed by atoms with Crippen molar-refractivity contribution in [1.82, 2.24) is 25.0 Å². The molecule has 2 bridgehead atoms. The number of aromatic nitrogens is 3. The van der Waals surface area contributed by atoms with Crippen molar-refractivity contribution in [3.05, 3.63) is 40.9 Å². The number of nitrogens with zero attached hydrogens (tertiary/aromatic N) is 4. The smallest absolute Gasteiger partial charge is 0.293 e. The van der Waals surface area contributed by atoms with Gasteiger partial charge in [0.15, 0.2) is 0 Å². The normalized spacial score (nSPS) is 25.3. The fourth-order valence-electron chi connectivity index (χ4n) is 4.09. The Morgan fingerprint density at radius 3 is 2.73 bits per heavy atom. The highest BCUT2D eigenvalue weighted by atomic mass is 35.5. The van der Waals surface area contributed by atoms with Gasteiger partial charge in [-0.15, -0.1) is 5.10 Å². The lowest BCUT2D eigenvalue weighted by molar-refractivity contribution is 0.0736. The zero-order valence-corrected chi connectivity index (χ0v) is 15.3. The van der Waals surface area contributed by atoms with Crippen molar-refractivity contribution in [1.29, 1.82) is 0 Å². The molecule has 1 aliphatic carbocycles. The first kappa shape index (κ1) is 16.3. The van der Waals surface area contributed by atoms with Gasteiger partial charge in [-0.25, -0.2) is 9.67 Å². The van der Waals surface area contributed by atoms with Gasteiger partial charge in [0.05, 0.1) is 10.7 Å². The first-order valence-corrected chi connectivity index (χ1v) is 9.84. The third-order valence-electron chi connectivity index (χ3n) is 5.66. The first-order chi connectivity index (χ1) is 12.7. The van der Waals surface area contributed by atoms with Crippen LogP contribution >= 0.6 is 11.6 Å². The number of carbonyl (C=O) groups is 1. The summed E-state index contributed by atoms with van der Waals surface area (Å²) in [6.07, 6.45) is 5.55. The quantitative estimate of drug-likeness (QED) is 0.901. The predicted octanol–water partition coefficient (Wildman–Crippen LogP) is 2.76. The lowest BCUT2D eigenvalue weighted by atomic mass is 10.1. The highest BCUT2D eigenvalue weighted by Gasteiger charge is 2.35. The van der Waals surface area contributed by atoms with E-state index in [9.17, 15) is 4.79 Å². The molecule has 1 N–H and O–H groups in total. The minimum absolute atomic E-state index is 0.0629. The number of hydrogen-bond donors (Lipinski definition) is 1. The second-order valence-corrected chi connectivity index (χ2v) is 8.02. The number of amides is 1. The molecular formula is C19H22ClN5O. The van der Waals surface area contributed by atoms with E-state index in [-0.39, 0.29) is 5.91 Å². The fraction of sp³-hybridized carbons (Fsp3) is 0.526. The van der Waals surface area contributed by atoms with Crippen LogP contribution in [0.25, 0.3) is 5.69 Å². The molecule has 2 saturated heterocycles. The van der Waals surface area contributed by atoms with E-state index in [0.29, 0.717) is 28.8 Å². The van der Waals surface area contributed by atoms with Crippen molar-refractivity contribution in [2.24, 2.45) is 0 Å². The zero-order valence-electron chi connectivity index (χ0n) is 14.6. The molecule has 1 aromatic heterocycles. The van der Waals surface area contributed by atoms with Crippen LogP contribution in [0.1, 0.15) is 54.5 Å². The van der Waals surface area contributed by atoms with Gasteiger partial charge < -0.3 is 10.2 Å². The molecule has 1 aromatic carbocycles. The molecule has 2 atom stereocenters. The summed E-state index contributed by atoms with van der Waals surface area (Å²) in [5, 5.41) is 8.81. The Morgan fingerprint density at radius 1 is 1.12 bits per heavy atom. The van der Waals surface area contributed by atoms with Crippen LogP contribution in [0.3, 0.4) is 0 Å². The molecule has 6 nitrogen and oxygen atoms in total. The molecule has 3 fully saturated rings. The van der Waals surface area contributed by atoms with E-state index in [0.717, 1.165) is 50.3 Å². The van der Waals surface area contributed by atoms with E-state index in [1.54, 1.807) is 4.68 Å². The maximum absolute atomic E-state index is 13.1. The summed E-state index contributed by atoms with van der Waals surface area (Å²) in [5.41, 5.74) is 0.791. The Labute approximate surface area is 157 Å². The van der Waals surface area contributed by atoms with Crippen molar-refractivity contribution < 1.29 is 4.79 Å². The van der Waals surface area contributed by atoms with Gasteiger partial charge in [-0.1, -0.05) is 23.7 Å². The molecule has 2 aromatic rings. The average molecular weight is 372 g/mol. The van der Waals surface area contributed by atoms with Gasteiger partial charge in [0.2, 0.25) is 5.82 Å². The summed E-state index contributed by atoms with van der Waals surface area (Å²) in [4.78, 5) is 19.6. The van der Waals surface area contributed by atoms with E-state index < -0.39 is 0 Å². The average Bonchev–Trinajstić information content (AvgIpc) is 3.28. The van der Waals surface area contributed by atoms with Gasteiger partial charge in [0.1, 0.15) is 5.82 Å². The van der Waals surface area contributed by atoms with Crippen molar-refractivity contribution in [2.75, 3.05) is 13.1 Å². The molecule has 136 valence electrons. The van der Waals surface area contributed by atoms with Crippen molar-refractivity contribution in [3.63, 3.8) is 0 Å². The van der Waals surface area contributed by atoms with E-state index >= 15 is 0 Å². The molecule has 26 heavy (non-hydrogen) atoms. The number of rotatable bonds is 3. The Kier molecular flexibility index (Phi) is 3.98. The molecule has 0 spiro atoms. The summed E-state index contributed by atoms with van der Waals surface area (Å²) < 4.78 is 1.77. The van der Waals surface area contributed by atoms with Crippen LogP contribution in [0.2, 0.25) is 5.02 Å². The Bertz CT molecular complexity index is 846. The third-order valence-corrected chi connectivity index (χ3v) is 5.98. The number of halogens is 1. The van der Waals surface area contributed by atoms with E-state index in [4.69, 9.17) is 11.6 Å². The molecule has 3 aliphatic rings. The van der Waals surface area contributed by atoms with Crippen molar-refractivity contribution in [2.45, 2.75) is 50.1 Å². The second-order valence-electron chi connectivity index (χ2n) is 7.61.